The second kappa shape index (κ2) is 8.33. The van der Waals surface area contributed by atoms with Gasteiger partial charge in [0, 0.05) is 36.6 Å². The molecule has 1 saturated heterocycles. The lowest BCUT2D eigenvalue weighted by Gasteiger charge is -2.08. The summed E-state index contributed by atoms with van der Waals surface area (Å²) in [7, 11) is 0. The number of hydrogen-bond acceptors (Lipinski definition) is 7. The molecule has 0 aromatic carbocycles. The zero-order valence-corrected chi connectivity index (χ0v) is 16.5. The van der Waals surface area contributed by atoms with Gasteiger partial charge in [0.15, 0.2) is 10.1 Å². The predicted molar refractivity (Wildman–Crippen MR) is 102 cm³/mol. The molecule has 2 aromatic rings. The first-order chi connectivity index (χ1) is 12.1. The zero-order chi connectivity index (χ0) is 17.8. The van der Waals surface area contributed by atoms with E-state index in [0.29, 0.717) is 5.75 Å². The summed E-state index contributed by atoms with van der Waals surface area (Å²) in [4.78, 5) is 12.5. The molecule has 0 radical (unpaired) electrons. The first-order valence-electron chi connectivity index (χ1n) is 8.60. The summed E-state index contributed by atoms with van der Waals surface area (Å²) >= 11 is 2.94. The van der Waals surface area contributed by atoms with Gasteiger partial charge in [0.2, 0.25) is 5.13 Å². The van der Waals surface area contributed by atoms with Gasteiger partial charge in [-0.2, -0.15) is 0 Å². The maximum atomic E-state index is 12.5. The summed E-state index contributed by atoms with van der Waals surface area (Å²) in [6.07, 6.45) is 2.50. The Morgan fingerprint density at radius 2 is 2.32 bits per heavy atom. The normalized spacial score (nSPS) is 17.2. The lowest BCUT2D eigenvalue weighted by Crippen LogP contribution is -2.18. The van der Waals surface area contributed by atoms with E-state index in [0.717, 1.165) is 59.0 Å². The van der Waals surface area contributed by atoms with Crippen LogP contribution in [-0.4, -0.2) is 45.6 Å². The molecule has 1 aliphatic rings. The number of thioether (sulfide) groups is 1. The molecule has 136 valence electrons. The molecule has 0 amide bonds. The minimum absolute atomic E-state index is 0.141. The summed E-state index contributed by atoms with van der Waals surface area (Å²) < 4.78 is 8.56. The Labute approximate surface area is 156 Å². The minimum atomic E-state index is 0.141. The number of ether oxygens (including phenoxy) is 1. The fraction of sp³-hybridized carbons (Fsp3) is 0.588. The van der Waals surface area contributed by atoms with Gasteiger partial charge in [-0.1, -0.05) is 23.1 Å². The minimum Gasteiger partial charge on any atom is -0.376 e. The summed E-state index contributed by atoms with van der Waals surface area (Å²) in [5.41, 5.74) is 2.99. The van der Waals surface area contributed by atoms with Gasteiger partial charge in [-0.05, 0) is 39.7 Å². The van der Waals surface area contributed by atoms with Gasteiger partial charge < -0.3 is 14.6 Å². The number of aromatic nitrogens is 3. The zero-order valence-electron chi connectivity index (χ0n) is 14.9. The van der Waals surface area contributed by atoms with Crippen molar-refractivity contribution in [1.29, 1.82) is 0 Å². The molecule has 3 heterocycles. The Kier molecular flexibility index (Phi) is 6.14. The van der Waals surface area contributed by atoms with E-state index in [1.165, 1.54) is 23.1 Å². The van der Waals surface area contributed by atoms with Crippen LogP contribution in [0.1, 0.15) is 41.5 Å². The largest absolute Gasteiger partial charge is 0.376 e. The van der Waals surface area contributed by atoms with Gasteiger partial charge in [0.1, 0.15) is 0 Å². The van der Waals surface area contributed by atoms with Gasteiger partial charge >= 0.3 is 0 Å². The summed E-state index contributed by atoms with van der Waals surface area (Å²) in [5.74, 6) is 0.524. The number of aryl methyl sites for hydroxylation is 1. The number of Topliss-reactive ketones (excluding diaryl/α,β-unsaturated/α-hetero) is 1. The van der Waals surface area contributed by atoms with Crippen LogP contribution < -0.4 is 5.32 Å². The van der Waals surface area contributed by atoms with E-state index in [2.05, 4.69) is 27.0 Å². The highest BCUT2D eigenvalue weighted by Gasteiger charge is 2.18. The van der Waals surface area contributed by atoms with E-state index < -0.39 is 0 Å². The Balaban J connectivity index is 1.52. The summed E-state index contributed by atoms with van der Waals surface area (Å²) in [6.45, 7) is 8.64. The van der Waals surface area contributed by atoms with E-state index in [1.807, 2.05) is 19.9 Å². The van der Waals surface area contributed by atoms with Gasteiger partial charge in [-0.25, -0.2) is 0 Å². The average Bonchev–Trinajstić information content (AvgIpc) is 3.32. The molecule has 0 aliphatic carbocycles. The van der Waals surface area contributed by atoms with Crippen LogP contribution in [0.15, 0.2) is 10.4 Å². The third-order valence-electron chi connectivity index (χ3n) is 4.43. The second-order valence-corrected chi connectivity index (χ2v) is 8.33. The third-order valence-corrected chi connectivity index (χ3v) is 6.44. The monoisotopic (exact) mass is 380 g/mol. The lowest BCUT2D eigenvalue weighted by atomic mass is 10.2. The summed E-state index contributed by atoms with van der Waals surface area (Å²) in [6, 6.07) is 1.98. The van der Waals surface area contributed by atoms with Gasteiger partial charge in [0.05, 0.1) is 11.9 Å². The van der Waals surface area contributed by atoms with Crippen molar-refractivity contribution < 1.29 is 9.53 Å². The molecule has 3 rings (SSSR count). The molecule has 0 spiro atoms. The van der Waals surface area contributed by atoms with Crippen molar-refractivity contribution in [2.45, 2.75) is 50.6 Å². The predicted octanol–water partition coefficient (Wildman–Crippen LogP) is 3.54. The van der Waals surface area contributed by atoms with Crippen molar-refractivity contribution in [3.8, 4) is 0 Å². The molecule has 1 unspecified atom stereocenters. The van der Waals surface area contributed by atoms with Crippen LogP contribution in [0, 0.1) is 13.8 Å². The van der Waals surface area contributed by atoms with Crippen LogP contribution in [-0.2, 0) is 11.3 Å². The van der Waals surface area contributed by atoms with Crippen molar-refractivity contribution in [2.75, 3.05) is 24.2 Å². The number of carbonyl (C=O) groups excluding carboxylic acids is 1. The molecule has 8 heteroatoms. The van der Waals surface area contributed by atoms with Crippen LogP contribution in [0.25, 0.3) is 0 Å². The molecule has 0 saturated carbocycles. The van der Waals surface area contributed by atoms with Crippen LogP contribution in [0.2, 0.25) is 0 Å². The number of rotatable bonds is 8. The van der Waals surface area contributed by atoms with Gasteiger partial charge in [0.25, 0.3) is 0 Å². The third kappa shape index (κ3) is 4.43. The topological polar surface area (TPSA) is 69.0 Å². The highest BCUT2D eigenvalue weighted by atomic mass is 32.2. The number of hydrogen-bond donors (Lipinski definition) is 1. The first-order valence-corrected chi connectivity index (χ1v) is 10.4. The van der Waals surface area contributed by atoms with Crippen LogP contribution in [0.4, 0.5) is 5.13 Å². The standard InChI is InChI=1S/C17H24N4O2S2/c1-4-21-11(2)8-14(12(21)3)15(22)10-24-17-20-19-16(25-17)18-9-13-6-5-7-23-13/h8,13H,4-7,9-10H2,1-3H3,(H,18,19). The Bertz CT molecular complexity index is 735. The van der Waals surface area contributed by atoms with Crippen molar-refractivity contribution in [1.82, 2.24) is 14.8 Å². The highest BCUT2D eigenvalue weighted by molar-refractivity contribution is 8.01. The molecule has 1 N–H and O–H groups in total. The van der Waals surface area contributed by atoms with Crippen LogP contribution in [0.5, 0.6) is 0 Å². The van der Waals surface area contributed by atoms with Gasteiger partial charge in [-0.3, -0.25) is 4.79 Å². The first kappa shape index (κ1) is 18.4. The Morgan fingerprint density at radius 3 is 3.00 bits per heavy atom. The van der Waals surface area contributed by atoms with Gasteiger partial charge in [-0.15, -0.1) is 10.2 Å². The van der Waals surface area contributed by atoms with E-state index in [4.69, 9.17) is 4.74 Å². The van der Waals surface area contributed by atoms with Crippen molar-refractivity contribution in [3.63, 3.8) is 0 Å². The number of ketones is 1. The van der Waals surface area contributed by atoms with Crippen LogP contribution in [0.3, 0.4) is 0 Å². The number of anilines is 1. The fourth-order valence-corrected chi connectivity index (χ4v) is 4.76. The fourth-order valence-electron chi connectivity index (χ4n) is 3.12. The average molecular weight is 381 g/mol. The van der Waals surface area contributed by atoms with E-state index >= 15 is 0 Å². The molecular formula is C17H24N4O2S2. The number of nitrogens with one attached hydrogen (secondary N) is 1. The maximum Gasteiger partial charge on any atom is 0.206 e. The molecular weight excluding hydrogens is 356 g/mol. The number of carbonyl (C=O) groups is 1. The second-order valence-electron chi connectivity index (χ2n) is 6.13. The van der Waals surface area contributed by atoms with E-state index in [1.54, 1.807) is 0 Å². The highest BCUT2D eigenvalue weighted by Crippen LogP contribution is 2.27. The van der Waals surface area contributed by atoms with Crippen molar-refractivity contribution >= 4 is 34.0 Å². The van der Waals surface area contributed by atoms with E-state index in [9.17, 15) is 4.79 Å². The lowest BCUT2D eigenvalue weighted by molar-refractivity contribution is 0.102. The molecule has 25 heavy (non-hydrogen) atoms. The summed E-state index contributed by atoms with van der Waals surface area (Å²) in [5, 5.41) is 12.4. The number of nitrogens with zero attached hydrogens (tertiary/aromatic N) is 3. The molecule has 6 nitrogen and oxygen atoms in total. The molecule has 2 aromatic heterocycles. The van der Waals surface area contributed by atoms with Crippen molar-refractivity contribution in [3.05, 3.63) is 23.0 Å². The smallest absolute Gasteiger partial charge is 0.206 e. The quantitative estimate of drug-likeness (QED) is 0.558. The molecule has 0 bridgehead atoms. The molecule has 1 aliphatic heterocycles. The Hall–Kier alpha value is -1.38. The Morgan fingerprint density at radius 1 is 1.48 bits per heavy atom. The van der Waals surface area contributed by atoms with E-state index in [-0.39, 0.29) is 11.9 Å². The van der Waals surface area contributed by atoms with Crippen molar-refractivity contribution in [2.24, 2.45) is 0 Å². The maximum absolute atomic E-state index is 12.5. The molecule has 1 atom stereocenters. The SMILES string of the molecule is CCn1c(C)cc(C(=O)CSc2nnc(NCC3CCCO3)s2)c1C. The molecule has 1 fully saturated rings. The van der Waals surface area contributed by atoms with Crippen LogP contribution >= 0.6 is 23.1 Å².